The van der Waals surface area contributed by atoms with Gasteiger partial charge in [-0.3, -0.25) is 9.48 Å². The third-order valence-corrected chi connectivity index (χ3v) is 3.99. The lowest BCUT2D eigenvalue weighted by Crippen LogP contribution is -2.27. The van der Waals surface area contributed by atoms with E-state index in [1.54, 1.807) is 10.9 Å². The fourth-order valence-corrected chi connectivity index (χ4v) is 2.83. The second-order valence-corrected chi connectivity index (χ2v) is 5.88. The van der Waals surface area contributed by atoms with Crippen LogP contribution in [0.15, 0.2) is 6.20 Å². The molecular weight excluding hydrogens is 236 g/mol. The molecule has 1 heterocycles. The van der Waals surface area contributed by atoms with Gasteiger partial charge in [0.1, 0.15) is 5.69 Å². The summed E-state index contributed by atoms with van der Waals surface area (Å²) < 4.78 is 1.74. The summed E-state index contributed by atoms with van der Waals surface area (Å²) in [6.45, 7) is 6.07. The SMILES string of the molecule is CC(C)n1ncc(Cl)c1C(=O)C1(C)CCCC1. The van der Waals surface area contributed by atoms with Crippen LogP contribution in [0.3, 0.4) is 0 Å². The van der Waals surface area contributed by atoms with E-state index in [2.05, 4.69) is 12.0 Å². The Morgan fingerprint density at radius 3 is 2.59 bits per heavy atom. The maximum atomic E-state index is 12.6. The molecule has 17 heavy (non-hydrogen) atoms. The van der Waals surface area contributed by atoms with Crippen LogP contribution in [0.4, 0.5) is 0 Å². The molecule has 0 unspecified atom stereocenters. The highest BCUT2D eigenvalue weighted by molar-refractivity contribution is 6.33. The Morgan fingerprint density at radius 2 is 2.06 bits per heavy atom. The number of hydrogen-bond donors (Lipinski definition) is 0. The van der Waals surface area contributed by atoms with Crippen molar-refractivity contribution in [2.24, 2.45) is 5.41 Å². The third kappa shape index (κ3) is 2.13. The standard InChI is InChI=1S/C13H19ClN2O/c1-9(2)16-11(10(14)8-15-16)12(17)13(3)6-4-5-7-13/h8-9H,4-7H2,1-3H3. The Kier molecular flexibility index (Phi) is 3.30. The first-order valence-corrected chi connectivity index (χ1v) is 6.61. The molecule has 4 heteroatoms. The molecule has 0 aromatic carbocycles. The second-order valence-electron chi connectivity index (χ2n) is 5.48. The molecule has 0 saturated heterocycles. The summed E-state index contributed by atoms with van der Waals surface area (Å²) in [4.78, 5) is 12.6. The number of nitrogens with zero attached hydrogens (tertiary/aromatic N) is 2. The zero-order valence-corrected chi connectivity index (χ0v) is 11.4. The summed E-state index contributed by atoms with van der Waals surface area (Å²) in [5.41, 5.74) is 0.349. The Labute approximate surface area is 107 Å². The number of aromatic nitrogens is 2. The van der Waals surface area contributed by atoms with Crippen LogP contribution < -0.4 is 0 Å². The summed E-state index contributed by atoms with van der Waals surface area (Å²) in [6, 6.07) is 0.159. The van der Waals surface area contributed by atoms with Crippen molar-refractivity contribution in [3.05, 3.63) is 16.9 Å². The first-order chi connectivity index (χ1) is 7.96. The minimum atomic E-state index is -0.240. The molecule has 0 radical (unpaired) electrons. The lowest BCUT2D eigenvalue weighted by atomic mass is 9.82. The van der Waals surface area contributed by atoms with Crippen LogP contribution in [0.1, 0.15) is 63.0 Å². The highest BCUT2D eigenvalue weighted by Gasteiger charge is 2.39. The number of carbonyl (C=O) groups excluding carboxylic acids is 1. The number of hydrogen-bond acceptors (Lipinski definition) is 2. The van der Waals surface area contributed by atoms with Gasteiger partial charge in [-0.15, -0.1) is 0 Å². The molecule has 1 aliphatic carbocycles. The zero-order chi connectivity index (χ0) is 12.6. The lowest BCUT2D eigenvalue weighted by Gasteiger charge is -2.23. The monoisotopic (exact) mass is 254 g/mol. The van der Waals surface area contributed by atoms with Crippen molar-refractivity contribution in [1.29, 1.82) is 0 Å². The summed E-state index contributed by atoms with van der Waals surface area (Å²) in [6.07, 6.45) is 5.77. The van der Waals surface area contributed by atoms with Crippen LogP contribution >= 0.6 is 11.6 Å². The van der Waals surface area contributed by atoms with E-state index in [0.717, 1.165) is 25.7 Å². The zero-order valence-electron chi connectivity index (χ0n) is 10.7. The van der Waals surface area contributed by atoms with E-state index in [4.69, 9.17) is 11.6 Å². The largest absolute Gasteiger partial charge is 0.292 e. The highest BCUT2D eigenvalue weighted by atomic mass is 35.5. The van der Waals surface area contributed by atoms with Crippen LogP contribution in [-0.4, -0.2) is 15.6 Å². The van der Waals surface area contributed by atoms with Crippen molar-refractivity contribution in [3.8, 4) is 0 Å². The molecule has 2 rings (SSSR count). The van der Waals surface area contributed by atoms with Crippen LogP contribution in [0, 0.1) is 5.41 Å². The average molecular weight is 255 g/mol. The fraction of sp³-hybridized carbons (Fsp3) is 0.692. The molecule has 0 amide bonds. The smallest absolute Gasteiger partial charge is 0.188 e. The Hall–Kier alpha value is -0.830. The van der Waals surface area contributed by atoms with Crippen molar-refractivity contribution >= 4 is 17.4 Å². The van der Waals surface area contributed by atoms with E-state index in [1.807, 2.05) is 13.8 Å². The van der Waals surface area contributed by atoms with E-state index in [-0.39, 0.29) is 17.2 Å². The van der Waals surface area contributed by atoms with Gasteiger partial charge in [-0.25, -0.2) is 0 Å². The fourth-order valence-electron chi connectivity index (χ4n) is 2.61. The van der Waals surface area contributed by atoms with E-state index in [0.29, 0.717) is 10.7 Å². The van der Waals surface area contributed by atoms with Crippen molar-refractivity contribution < 1.29 is 4.79 Å². The second kappa shape index (κ2) is 4.45. The average Bonchev–Trinajstić information content (AvgIpc) is 2.85. The molecule has 94 valence electrons. The maximum Gasteiger partial charge on any atom is 0.188 e. The summed E-state index contributed by atoms with van der Waals surface area (Å²) >= 11 is 6.12. The van der Waals surface area contributed by atoms with Crippen LogP contribution in [0.5, 0.6) is 0 Å². The number of halogens is 1. The van der Waals surface area contributed by atoms with Gasteiger partial charge in [0.2, 0.25) is 0 Å². The summed E-state index contributed by atoms with van der Waals surface area (Å²) in [7, 11) is 0. The van der Waals surface area contributed by atoms with Gasteiger partial charge in [0.05, 0.1) is 11.2 Å². The van der Waals surface area contributed by atoms with E-state index < -0.39 is 0 Å². The molecule has 1 aliphatic rings. The summed E-state index contributed by atoms with van der Waals surface area (Å²) in [5, 5.41) is 4.69. The quantitative estimate of drug-likeness (QED) is 0.768. The molecule has 0 aliphatic heterocycles. The number of carbonyl (C=O) groups is 1. The molecule has 0 N–H and O–H groups in total. The highest BCUT2D eigenvalue weighted by Crippen LogP contribution is 2.41. The van der Waals surface area contributed by atoms with Crippen molar-refractivity contribution in [2.45, 2.75) is 52.5 Å². The minimum absolute atomic E-state index is 0.159. The lowest BCUT2D eigenvalue weighted by molar-refractivity contribution is 0.0809. The first kappa shape index (κ1) is 12.6. The topological polar surface area (TPSA) is 34.9 Å². The Bertz CT molecular complexity index is 431. The van der Waals surface area contributed by atoms with E-state index in [1.165, 1.54) is 0 Å². The van der Waals surface area contributed by atoms with Crippen molar-refractivity contribution in [1.82, 2.24) is 9.78 Å². The molecule has 1 saturated carbocycles. The van der Waals surface area contributed by atoms with Crippen LogP contribution in [-0.2, 0) is 0 Å². The predicted molar refractivity (Wildman–Crippen MR) is 68.5 cm³/mol. The molecule has 1 fully saturated rings. The number of rotatable bonds is 3. The van der Waals surface area contributed by atoms with Gasteiger partial charge in [-0.05, 0) is 26.7 Å². The Morgan fingerprint density at radius 1 is 1.47 bits per heavy atom. The van der Waals surface area contributed by atoms with E-state index >= 15 is 0 Å². The normalized spacial score (nSPS) is 18.9. The summed E-state index contributed by atoms with van der Waals surface area (Å²) in [5.74, 6) is 0.159. The number of Topliss-reactive ketones (excluding diaryl/α,β-unsaturated/α-hetero) is 1. The van der Waals surface area contributed by atoms with Crippen LogP contribution in [0.25, 0.3) is 0 Å². The molecule has 0 bridgehead atoms. The predicted octanol–water partition coefficient (Wildman–Crippen LogP) is 3.88. The van der Waals surface area contributed by atoms with Gasteiger partial charge < -0.3 is 0 Å². The van der Waals surface area contributed by atoms with Gasteiger partial charge in [-0.2, -0.15) is 5.10 Å². The molecular formula is C13H19ClN2O. The van der Waals surface area contributed by atoms with Gasteiger partial charge >= 0.3 is 0 Å². The molecule has 3 nitrogen and oxygen atoms in total. The van der Waals surface area contributed by atoms with Gasteiger partial charge in [0, 0.05) is 11.5 Å². The first-order valence-electron chi connectivity index (χ1n) is 6.23. The minimum Gasteiger partial charge on any atom is -0.292 e. The molecule has 1 aromatic heterocycles. The molecule has 1 aromatic rings. The maximum absolute atomic E-state index is 12.6. The van der Waals surface area contributed by atoms with Crippen molar-refractivity contribution in [2.75, 3.05) is 0 Å². The van der Waals surface area contributed by atoms with Gasteiger partial charge in [0.25, 0.3) is 0 Å². The number of ketones is 1. The third-order valence-electron chi connectivity index (χ3n) is 3.71. The Balaban J connectivity index is 2.39. The van der Waals surface area contributed by atoms with Gasteiger partial charge in [-0.1, -0.05) is 31.4 Å². The molecule has 0 spiro atoms. The van der Waals surface area contributed by atoms with Crippen molar-refractivity contribution in [3.63, 3.8) is 0 Å². The molecule has 0 atom stereocenters. The van der Waals surface area contributed by atoms with Gasteiger partial charge in [0.15, 0.2) is 5.78 Å². The van der Waals surface area contributed by atoms with Crippen LogP contribution in [0.2, 0.25) is 5.02 Å². The van der Waals surface area contributed by atoms with E-state index in [9.17, 15) is 4.79 Å².